The van der Waals surface area contributed by atoms with Crippen LogP contribution >= 0.6 is 0 Å². The van der Waals surface area contributed by atoms with E-state index in [9.17, 15) is 0 Å². The molecular weight excluding hydrogens is 557 g/mol. The molecule has 0 N–H and O–H groups in total. The first-order valence-electron chi connectivity index (χ1n) is 0. The van der Waals surface area contributed by atoms with E-state index in [2.05, 4.69) is 0 Å². The van der Waals surface area contributed by atoms with Crippen LogP contribution in [0.3, 0.4) is 0 Å². The molecule has 5 heteroatoms. The number of rotatable bonds is 0. The molecule has 0 aromatic carbocycles. The maximum atomic E-state index is 0. The Morgan fingerprint density at radius 2 is 0.400 bits per heavy atom. The van der Waals surface area contributed by atoms with Gasteiger partial charge in [-0.05, 0) is 0 Å². The quantitative estimate of drug-likeness (QED) is 0.306. The Bertz CT molecular complexity index is 4.85. The zero-order chi connectivity index (χ0) is 0. The molecule has 0 amide bonds. The summed E-state index contributed by atoms with van der Waals surface area (Å²) >= 11 is 0. The van der Waals surface area contributed by atoms with Crippen molar-refractivity contribution in [2.24, 2.45) is 0 Å². The van der Waals surface area contributed by atoms with Crippen LogP contribution in [-0.4, -0.2) is 47.8 Å². The Kier molecular flexibility index (Phi) is 197. The van der Waals surface area contributed by atoms with Gasteiger partial charge in [0.15, 0.2) is 0 Å². The molecule has 0 saturated heterocycles. The first-order valence-corrected chi connectivity index (χ1v) is 0. The molecule has 0 atom stereocenters. The Balaban J connectivity index is 0. The zero-order valence-electron chi connectivity index (χ0n) is 2.36. The van der Waals surface area contributed by atoms with Crippen molar-refractivity contribution in [3.8, 4) is 0 Å². The van der Waals surface area contributed by atoms with Crippen LogP contribution in [0.5, 0.6) is 0 Å². The van der Waals surface area contributed by atoms with Gasteiger partial charge >= 0.3 is 47.8 Å². The van der Waals surface area contributed by atoms with E-state index < -0.39 is 0 Å². The Morgan fingerprint density at radius 3 is 0.400 bits per heavy atom. The summed E-state index contributed by atoms with van der Waals surface area (Å²) in [6.45, 7) is 0. The van der Waals surface area contributed by atoms with Crippen LogP contribution in [0, 0.1) is 0 Å². The van der Waals surface area contributed by atoms with Crippen molar-refractivity contribution in [2.45, 2.75) is 0 Å². The summed E-state index contributed by atoms with van der Waals surface area (Å²) in [7, 11) is 0. The Hall–Kier alpha value is 3.58. The predicted molar refractivity (Wildman–Crippen MR) is 17.1 cm³/mol. The van der Waals surface area contributed by atoms with Gasteiger partial charge in [0.25, 0.3) is 0 Å². The van der Waals surface area contributed by atoms with Gasteiger partial charge in [0.1, 0.15) is 0 Å². The molecule has 0 nitrogen and oxygen atoms in total. The van der Waals surface area contributed by atoms with Crippen LogP contribution in [0.25, 0.3) is 0 Å². The molecule has 0 bridgehead atoms. The normalized spacial score (nSPS) is 0. The molecule has 42 valence electrons. The number of hydrogen-bond donors (Lipinski definition) is 0. The van der Waals surface area contributed by atoms with E-state index in [0.29, 0.717) is 0 Å². The summed E-state index contributed by atoms with van der Waals surface area (Å²) in [6.07, 6.45) is 0. The molecule has 0 saturated carbocycles. The topological polar surface area (TPSA) is 0 Å². The first kappa shape index (κ1) is 38.4. The maximum absolute atomic E-state index is 0. The standard InChI is InChI=1S/3Pd.2Sn.4H. The average molecular weight is 561 g/mol. The fraction of sp³-hybridized carbons (Fsp3) is 0. The van der Waals surface area contributed by atoms with E-state index >= 15 is 0 Å². The molecular formula is H4Pd3Sn2. The molecule has 0 aliphatic rings. The minimum absolute atomic E-state index is 0. The van der Waals surface area contributed by atoms with Gasteiger partial charge < -0.3 is 0 Å². The van der Waals surface area contributed by atoms with Crippen LogP contribution in [-0.2, 0) is 61.3 Å². The van der Waals surface area contributed by atoms with E-state index in [0.717, 1.165) is 0 Å². The number of hydrogen-bond acceptors (Lipinski definition) is 0. The van der Waals surface area contributed by atoms with Crippen molar-refractivity contribution < 1.29 is 61.3 Å². The third-order valence-corrected chi connectivity index (χ3v) is 0. The molecule has 0 aliphatic carbocycles. The summed E-state index contributed by atoms with van der Waals surface area (Å²) < 4.78 is 0. The second-order valence-corrected chi connectivity index (χ2v) is 0. The van der Waals surface area contributed by atoms with Crippen LogP contribution in [0.2, 0.25) is 0 Å². The molecule has 0 spiro atoms. The van der Waals surface area contributed by atoms with Crippen molar-refractivity contribution in [1.82, 2.24) is 0 Å². The summed E-state index contributed by atoms with van der Waals surface area (Å²) in [5.74, 6) is 0. The van der Waals surface area contributed by atoms with Gasteiger partial charge in [0.05, 0.1) is 0 Å². The van der Waals surface area contributed by atoms with E-state index in [1.165, 1.54) is 0 Å². The molecule has 5 heavy (non-hydrogen) atoms. The van der Waals surface area contributed by atoms with E-state index in [4.69, 9.17) is 0 Å². The molecule has 0 aromatic heterocycles. The second kappa shape index (κ2) is 25.6. The second-order valence-electron chi connectivity index (χ2n) is 0. The van der Waals surface area contributed by atoms with E-state index in [1.807, 2.05) is 0 Å². The van der Waals surface area contributed by atoms with Gasteiger partial charge in [-0.15, -0.1) is 0 Å². The zero-order valence-corrected chi connectivity index (χ0v) is 15.1. The predicted octanol–water partition coefficient (Wildman–Crippen LogP) is -1.84. The van der Waals surface area contributed by atoms with Crippen LogP contribution in [0.15, 0.2) is 0 Å². The third kappa shape index (κ3) is 18.4. The monoisotopic (exact) mass is 562 g/mol. The average Bonchev–Trinajstić information content (AvgIpc) is 0. The van der Waals surface area contributed by atoms with Gasteiger partial charge in [-0.2, -0.15) is 0 Å². The van der Waals surface area contributed by atoms with Gasteiger partial charge in [0, 0.05) is 61.3 Å². The molecule has 0 rings (SSSR count). The molecule has 0 unspecified atom stereocenters. The fourth-order valence-electron chi connectivity index (χ4n) is 0. The Labute approximate surface area is 107 Å². The van der Waals surface area contributed by atoms with Crippen molar-refractivity contribution >= 4 is 47.8 Å². The van der Waals surface area contributed by atoms with Crippen LogP contribution < -0.4 is 0 Å². The molecule has 0 fully saturated rings. The molecule has 0 aromatic rings. The third-order valence-electron chi connectivity index (χ3n) is 0. The summed E-state index contributed by atoms with van der Waals surface area (Å²) in [5.41, 5.74) is 0. The molecule has 0 aliphatic heterocycles. The van der Waals surface area contributed by atoms with E-state index in [-0.39, 0.29) is 109 Å². The molecule has 0 heterocycles. The van der Waals surface area contributed by atoms with E-state index in [1.54, 1.807) is 0 Å². The molecule has 4 radical (unpaired) electrons. The minimum atomic E-state index is 0. The fourth-order valence-corrected chi connectivity index (χ4v) is 0. The Morgan fingerprint density at radius 1 is 0.400 bits per heavy atom. The summed E-state index contributed by atoms with van der Waals surface area (Å²) in [5, 5.41) is 0. The van der Waals surface area contributed by atoms with Gasteiger partial charge in [-0.3, -0.25) is 0 Å². The van der Waals surface area contributed by atoms with Gasteiger partial charge in [0.2, 0.25) is 0 Å². The summed E-state index contributed by atoms with van der Waals surface area (Å²) in [6, 6.07) is 0. The van der Waals surface area contributed by atoms with Gasteiger partial charge in [-0.1, -0.05) is 0 Å². The van der Waals surface area contributed by atoms with Crippen molar-refractivity contribution in [3.63, 3.8) is 0 Å². The van der Waals surface area contributed by atoms with Crippen molar-refractivity contribution in [2.75, 3.05) is 0 Å². The van der Waals surface area contributed by atoms with Crippen molar-refractivity contribution in [1.29, 1.82) is 0 Å². The van der Waals surface area contributed by atoms with Crippen molar-refractivity contribution in [3.05, 3.63) is 0 Å². The van der Waals surface area contributed by atoms with Crippen LogP contribution in [0.1, 0.15) is 0 Å². The SMILES string of the molecule is [Pd].[Pd].[Pd].[SnH2].[SnH2]. The van der Waals surface area contributed by atoms with Crippen LogP contribution in [0.4, 0.5) is 0 Å². The van der Waals surface area contributed by atoms with Gasteiger partial charge in [-0.25, -0.2) is 0 Å². The first-order chi connectivity index (χ1) is 0. The summed E-state index contributed by atoms with van der Waals surface area (Å²) in [4.78, 5) is 0.